The number of hydrogen-bond acceptors (Lipinski definition) is 4. The van der Waals surface area contributed by atoms with E-state index >= 15 is 0 Å². The van der Waals surface area contributed by atoms with Gasteiger partial charge in [-0.1, -0.05) is 11.8 Å². The first-order valence-electron chi connectivity index (χ1n) is 3.71. The summed E-state index contributed by atoms with van der Waals surface area (Å²) in [6.45, 7) is -1.15. The van der Waals surface area contributed by atoms with Crippen LogP contribution in [0.5, 0.6) is 0 Å². The average Bonchev–Trinajstić information content (AvgIpc) is 2.44. The summed E-state index contributed by atoms with van der Waals surface area (Å²) < 4.78 is 37.4. The molecule has 2 N–H and O–H groups in total. The molecule has 1 heterocycles. The summed E-state index contributed by atoms with van der Waals surface area (Å²) >= 11 is 1.11. The Balaban J connectivity index is 2.97. The number of hydrogen-bond donors (Lipinski definition) is 1. The lowest BCUT2D eigenvalue weighted by atomic mass is 10.5. The van der Waals surface area contributed by atoms with Gasteiger partial charge in [0.2, 0.25) is 0 Å². The lowest BCUT2D eigenvalue weighted by Gasteiger charge is -2.10. The van der Waals surface area contributed by atoms with Crippen molar-refractivity contribution >= 4 is 11.8 Å². The molecular formula is C6H9F3N4S. The second-order valence-electron chi connectivity index (χ2n) is 2.51. The Bertz CT molecular complexity index is 287. The molecule has 1 rings (SSSR count). The maximum atomic E-state index is 12.1. The first-order valence-corrected chi connectivity index (χ1v) is 4.93. The third kappa shape index (κ3) is 2.61. The monoisotopic (exact) mass is 226 g/mol. The van der Waals surface area contributed by atoms with E-state index in [1.807, 2.05) is 0 Å². The van der Waals surface area contributed by atoms with Crippen LogP contribution in [0.3, 0.4) is 0 Å². The van der Waals surface area contributed by atoms with Gasteiger partial charge in [0.05, 0.1) is 6.54 Å². The summed E-state index contributed by atoms with van der Waals surface area (Å²) in [6, 6.07) is 0. The first-order chi connectivity index (χ1) is 6.48. The topological polar surface area (TPSA) is 56.7 Å². The Labute approximate surface area is 82.7 Å². The van der Waals surface area contributed by atoms with Crippen molar-refractivity contribution in [3.05, 3.63) is 5.82 Å². The van der Waals surface area contributed by atoms with E-state index in [1.54, 1.807) is 6.26 Å². The third-order valence-electron chi connectivity index (χ3n) is 1.50. The smallest absolute Gasteiger partial charge is 0.324 e. The van der Waals surface area contributed by atoms with Crippen molar-refractivity contribution < 1.29 is 13.2 Å². The summed E-state index contributed by atoms with van der Waals surface area (Å²) in [5.74, 6) is 0.145. The van der Waals surface area contributed by atoms with Gasteiger partial charge in [-0.25, -0.2) is 0 Å². The highest BCUT2D eigenvalue weighted by Crippen LogP contribution is 2.22. The molecule has 0 atom stereocenters. The Morgan fingerprint density at radius 1 is 1.43 bits per heavy atom. The Hall–Kier alpha value is -0.760. The third-order valence-corrected chi connectivity index (χ3v) is 2.16. The first kappa shape index (κ1) is 11.3. The summed E-state index contributed by atoms with van der Waals surface area (Å²) in [4.78, 5) is 0. The van der Waals surface area contributed by atoms with Crippen molar-refractivity contribution in [2.24, 2.45) is 5.73 Å². The quantitative estimate of drug-likeness (QED) is 0.782. The molecule has 0 saturated heterocycles. The highest BCUT2D eigenvalue weighted by atomic mass is 32.2. The van der Waals surface area contributed by atoms with Crippen molar-refractivity contribution in [2.45, 2.75) is 24.4 Å². The summed E-state index contributed by atoms with van der Waals surface area (Å²) in [5, 5.41) is 7.37. The molecule has 0 aromatic carbocycles. The van der Waals surface area contributed by atoms with Crippen LogP contribution in [-0.2, 0) is 13.1 Å². The molecule has 0 aliphatic heterocycles. The van der Waals surface area contributed by atoms with Crippen molar-refractivity contribution in [3.8, 4) is 0 Å². The second-order valence-corrected chi connectivity index (χ2v) is 3.28. The summed E-state index contributed by atoms with van der Waals surface area (Å²) in [7, 11) is 0. The number of nitrogens with two attached hydrogens (primary N) is 1. The lowest BCUT2D eigenvalue weighted by molar-refractivity contribution is -0.142. The highest BCUT2D eigenvalue weighted by molar-refractivity contribution is 7.98. The highest BCUT2D eigenvalue weighted by Gasteiger charge is 2.30. The Morgan fingerprint density at radius 2 is 2.07 bits per heavy atom. The molecule has 0 bridgehead atoms. The van der Waals surface area contributed by atoms with Gasteiger partial charge in [-0.3, -0.25) is 4.57 Å². The molecule has 0 saturated carbocycles. The van der Waals surface area contributed by atoms with Crippen LogP contribution in [0.15, 0.2) is 5.16 Å². The van der Waals surface area contributed by atoms with E-state index in [4.69, 9.17) is 5.73 Å². The van der Waals surface area contributed by atoms with Crippen LogP contribution >= 0.6 is 11.8 Å². The number of halogens is 3. The predicted molar refractivity (Wildman–Crippen MR) is 45.7 cm³/mol. The van der Waals surface area contributed by atoms with Crippen molar-refractivity contribution in [2.75, 3.05) is 6.26 Å². The van der Waals surface area contributed by atoms with E-state index in [2.05, 4.69) is 10.2 Å². The largest absolute Gasteiger partial charge is 0.406 e. The van der Waals surface area contributed by atoms with Gasteiger partial charge < -0.3 is 5.73 Å². The lowest BCUT2D eigenvalue weighted by Crippen LogP contribution is -2.21. The van der Waals surface area contributed by atoms with Crippen LogP contribution in [0.25, 0.3) is 0 Å². The molecule has 0 unspecified atom stereocenters. The second kappa shape index (κ2) is 4.18. The maximum Gasteiger partial charge on any atom is 0.406 e. The van der Waals surface area contributed by atoms with E-state index in [0.29, 0.717) is 0 Å². The van der Waals surface area contributed by atoms with E-state index in [-0.39, 0.29) is 17.5 Å². The van der Waals surface area contributed by atoms with Crippen LogP contribution in [0.1, 0.15) is 5.82 Å². The van der Waals surface area contributed by atoms with Gasteiger partial charge in [-0.15, -0.1) is 10.2 Å². The zero-order chi connectivity index (χ0) is 10.8. The number of rotatable bonds is 3. The normalized spacial score (nSPS) is 12.1. The van der Waals surface area contributed by atoms with Gasteiger partial charge in [0.25, 0.3) is 0 Å². The molecule has 0 radical (unpaired) electrons. The van der Waals surface area contributed by atoms with Gasteiger partial charge in [0.15, 0.2) is 5.16 Å². The summed E-state index contributed by atoms with van der Waals surface area (Å²) in [6.07, 6.45) is -2.64. The molecule has 0 aliphatic carbocycles. The van der Waals surface area contributed by atoms with E-state index in [1.165, 1.54) is 0 Å². The molecule has 4 nitrogen and oxygen atoms in total. The number of thioether (sulfide) groups is 1. The Kier molecular flexibility index (Phi) is 3.38. The van der Waals surface area contributed by atoms with Crippen LogP contribution in [0.2, 0.25) is 0 Å². The molecule has 0 spiro atoms. The molecule has 1 aromatic rings. The standard InChI is InChI=1S/C6H9F3N4S/c1-14-5-12-11-4(2-10)13(5)3-6(7,8)9/h2-3,10H2,1H3. The zero-order valence-electron chi connectivity index (χ0n) is 7.38. The fraction of sp³-hybridized carbons (Fsp3) is 0.667. The van der Waals surface area contributed by atoms with Crippen molar-refractivity contribution in [3.63, 3.8) is 0 Å². The van der Waals surface area contributed by atoms with Crippen LogP contribution in [-0.4, -0.2) is 27.2 Å². The zero-order valence-corrected chi connectivity index (χ0v) is 8.19. The predicted octanol–water partition coefficient (Wildman–Crippen LogP) is 1.02. The maximum absolute atomic E-state index is 12.1. The molecule has 80 valence electrons. The Morgan fingerprint density at radius 3 is 2.50 bits per heavy atom. The minimum atomic E-state index is -4.28. The molecular weight excluding hydrogens is 217 g/mol. The fourth-order valence-corrected chi connectivity index (χ4v) is 1.47. The number of nitrogens with zero attached hydrogens (tertiary/aromatic N) is 3. The minimum Gasteiger partial charge on any atom is -0.324 e. The van der Waals surface area contributed by atoms with Gasteiger partial charge in [0.1, 0.15) is 12.4 Å². The van der Waals surface area contributed by atoms with E-state index < -0.39 is 12.7 Å². The van der Waals surface area contributed by atoms with Gasteiger partial charge in [-0.2, -0.15) is 13.2 Å². The van der Waals surface area contributed by atoms with Gasteiger partial charge in [0, 0.05) is 0 Å². The van der Waals surface area contributed by atoms with Gasteiger partial charge >= 0.3 is 6.18 Å². The number of aromatic nitrogens is 3. The van der Waals surface area contributed by atoms with Crippen LogP contribution in [0, 0.1) is 0 Å². The molecule has 0 aliphatic rings. The molecule has 1 aromatic heterocycles. The molecule has 0 fully saturated rings. The van der Waals surface area contributed by atoms with Crippen LogP contribution < -0.4 is 5.73 Å². The summed E-state index contributed by atoms with van der Waals surface area (Å²) in [5.41, 5.74) is 5.24. The van der Waals surface area contributed by atoms with E-state index in [0.717, 1.165) is 16.3 Å². The molecule has 14 heavy (non-hydrogen) atoms. The number of alkyl halides is 3. The van der Waals surface area contributed by atoms with Crippen LogP contribution in [0.4, 0.5) is 13.2 Å². The average molecular weight is 226 g/mol. The molecule has 0 amide bonds. The minimum absolute atomic E-state index is 0.0519. The van der Waals surface area contributed by atoms with Crippen molar-refractivity contribution in [1.29, 1.82) is 0 Å². The van der Waals surface area contributed by atoms with E-state index in [9.17, 15) is 13.2 Å². The van der Waals surface area contributed by atoms with Crippen molar-refractivity contribution in [1.82, 2.24) is 14.8 Å². The fourth-order valence-electron chi connectivity index (χ4n) is 0.959. The SMILES string of the molecule is CSc1nnc(CN)n1CC(F)(F)F. The van der Waals surface area contributed by atoms with Gasteiger partial charge in [-0.05, 0) is 6.26 Å². The molecule has 8 heteroatoms.